The number of carbonyl (C=O) groups excluding carboxylic acids is 2. The van der Waals surface area contributed by atoms with E-state index < -0.39 is 0 Å². The van der Waals surface area contributed by atoms with Crippen LogP contribution in [0, 0.1) is 6.92 Å². The van der Waals surface area contributed by atoms with Crippen LogP contribution in [0.5, 0.6) is 0 Å². The van der Waals surface area contributed by atoms with Gasteiger partial charge in [0.25, 0.3) is 5.91 Å². The lowest BCUT2D eigenvalue weighted by atomic mass is 10.2. The molecule has 0 aliphatic carbocycles. The molecule has 0 unspecified atom stereocenters. The molecule has 7 nitrogen and oxygen atoms in total. The zero-order valence-electron chi connectivity index (χ0n) is 16.7. The summed E-state index contributed by atoms with van der Waals surface area (Å²) < 4.78 is 1.88. The van der Waals surface area contributed by atoms with Crippen molar-refractivity contribution in [3.63, 3.8) is 0 Å². The molecular weight excluding hydrogens is 386 g/mol. The Labute approximate surface area is 173 Å². The maximum absolute atomic E-state index is 12.6. The molecule has 0 atom stereocenters. The molecule has 4 rings (SSSR count). The summed E-state index contributed by atoms with van der Waals surface area (Å²) in [6.45, 7) is 5.62. The highest BCUT2D eigenvalue weighted by molar-refractivity contribution is 7.20. The van der Waals surface area contributed by atoms with Crippen LogP contribution < -0.4 is 5.32 Å². The molecule has 0 bridgehead atoms. The van der Waals surface area contributed by atoms with Gasteiger partial charge in [-0.2, -0.15) is 5.10 Å². The van der Waals surface area contributed by atoms with Gasteiger partial charge in [0, 0.05) is 44.5 Å². The number of piperazine rings is 1. The van der Waals surface area contributed by atoms with Crippen molar-refractivity contribution < 1.29 is 9.59 Å². The van der Waals surface area contributed by atoms with Crippen molar-refractivity contribution in [3.8, 4) is 5.69 Å². The molecular formula is C21H25N5O2S. The lowest BCUT2D eigenvalue weighted by Crippen LogP contribution is -2.47. The van der Waals surface area contributed by atoms with Crippen molar-refractivity contribution in [3.05, 3.63) is 47.0 Å². The standard InChI is InChI=1S/C21H25N5O2S/c1-15-17-14-18(29-21(17)26(23-15)16-6-4-3-5-7-16)20(28)22-9-8-19(27)25-12-10-24(2)11-13-25/h3-7,14H,8-13H2,1-2H3,(H,22,28). The number of thiophene rings is 1. The van der Waals surface area contributed by atoms with Crippen LogP contribution >= 0.6 is 11.3 Å². The first-order valence-electron chi connectivity index (χ1n) is 9.82. The molecule has 1 fully saturated rings. The van der Waals surface area contributed by atoms with E-state index in [1.807, 2.05) is 52.9 Å². The van der Waals surface area contributed by atoms with Crippen LogP contribution in [0.1, 0.15) is 21.8 Å². The van der Waals surface area contributed by atoms with Gasteiger partial charge in [0.15, 0.2) is 0 Å². The topological polar surface area (TPSA) is 70.5 Å². The van der Waals surface area contributed by atoms with Crippen molar-refractivity contribution in [2.45, 2.75) is 13.3 Å². The summed E-state index contributed by atoms with van der Waals surface area (Å²) in [6.07, 6.45) is 0.331. The first-order chi connectivity index (χ1) is 14.0. The van der Waals surface area contributed by atoms with Crippen LogP contribution in [0.3, 0.4) is 0 Å². The highest BCUT2D eigenvalue weighted by atomic mass is 32.1. The van der Waals surface area contributed by atoms with Gasteiger partial charge in [-0.25, -0.2) is 4.68 Å². The van der Waals surface area contributed by atoms with Crippen LogP contribution in [-0.4, -0.2) is 71.2 Å². The second-order valence-corrected chi connectivity index (χ2v) is 8.38. The third-order valence-electron chi connectivity index (χ3n) is 5.25. The number of aryl methyl sites for hydroxylation is 1. The highest BCUT2D eigenvalue weighted by Gasteiger charge is 2.20. The van der Waals surface area contributed by atoms with Crippen molar-refractivity contribution in [1.82, 2.24) is 24.9 Å². The highest BCUT2D eigenvalue weighted by Crippen LogP contribution is 2.30. The van der Waals surface area contributed by atoms with Crippen LogP contribution in [0.2, 0.25) is 0 Å². The molecule has 1 saturated heterocycles. The number of amides is 2. The molecule has 3 heterocycles. The van der Waals surface area contributed by atoms with Gasteiger partial charge in [-0.3, -0.25) is 9.59 Å². The Morgan fingerprint density at radius 1 is 1.14 bits per heavy atom. The van der Waals surface area contributed by atoms with E-state index in [4.69, 9.17) is 0 Å². The lowest BCUT2D eigenvalue weighted by Gasteiger charge is -2.32. The summed E-state index contributed by atoms with van der Waals surface area (Å²) in [5.41, 5.74) is 1.86. The molecule has 1 N–H and O–H groups in total. The van der Waals surface area contributed by atoms with Gasteiger partial charge in [-0.1, -0.05) is 18.2 Å². The average Bonchev–Trinajstić information content (AvgIpc) is 3.30. The number of aromatic nitrogens is 2. The zero-order chi connectivity index (χ0) is 20.4. The predicted octanol–water partition coefficient (Wildman–Crippen LogP) is 2.29. The minimum atomic E-state index is -0.142. The second-order valence-electron chi connectivity index (χ2n) is 7.35. The van der Waals surface area contributed by atoms with E-state index in [0.29, 0.717) is 17.8 Å². The Bertz CT molecular complexity index is 1020. The summed E-state index contributed by atoms with van der Waals surface area (Å²) in [4.78, 5) is 30.6. The fourth-order valence-corrected chi connectivity index (χ4v) is 4.59. The van der Waals surface area contributed by atoms with E-state index in [1.54, 1.807) is 0 Å². The zero-order valence-corrected chi connectivity index (χ0v) is 17.5. The van der Waals surface area contributed by atoms with E-state index in [-0.39, 0.29) is 11.8 Å². The number of fused-ring (bicyclic) bond motifs is 1. The number of para-hydroxylation sites is 1. The molecule has 2 aromatic heterocycles. The molecule has 152 valence electrons. The quantitative estimate of drug-likeness (QED) is 0.699. The van der Waals surface area contributed by atoms with Crippen molar-refractivity contribution >= 4 is 33.4 Å². The molecule has 0 spiro atoms. The number of benzene rings is 1. The molecule has 0 radical (unpaired) electrons. The summed E-state index contributed by atoms with van der Waals surface area (Å²) in [6, 6.07) is 11.8. The number of hydrogen-bond donors (Lipinski definition) is 1. The van der Waals surface area contributed by atoms with Crippen molar-refractivity contribution in [2.24, 2.45) is 0 Å². The normalized spacial score (nSPS) is 15.0. The number of hydrogen-bond acceptors (Lipinski definition) is 5. The van der Waals surface area contributed by atoms with Gasteiger partial charge in [-0.05, 0) is 32.2 Å². The Morgan fingerprint density at radius 2 is 1.86 bits per heavy atom. The number of carbonyl (C=O) groups is 2. The monoisotopic (exact) mass is 411 g/mol. The number of nitrogens with one attached hydrogen (secondary N) is 1. The number of nitrogens with zero attached hydrogens (tertiary/aromatic N) is 4. The van der Waals surface area contributed by atoms with Gasteiger partial charge >= 0.3 is 0 Å². The van der Waals surface area contributed by atoms with E-state index in [1.165, 1.54) is 11.3 Å². The fraction of sp³-hybridized carbons (Fsp3) is 0.381. The summed E-state index contributed by atoms with van der Waals surface area (Å²) in [5.74, 6) is -0.0401. The molecule has 1 aliphatic heterocycles. The fourth-order valence-electron chi connectivity index (χ4n) is 3.49. The second kappa shape index (κ2) is 8.34. The molecule has 2 amide bonds. The van der Waals surface area contributed by atoms with Gasteiger partial charge in [0.05, 0.1) is 16.3 Å². The smallest absolute Gasteiger partial charge is 0.261 e. The van der Waals surface area contributed by atoms with E-state index in [0.717, 1.165) is 47.8 Å². The summed E-state index contributed by atoms with van der Waals surface area (Å²) in [7, 11) is 2.06. The van der Waals surface area contributed by atoms with Gasteiger partial charge in [0.1, 0.15) is 4.83 Å². The molecule has 1 aliphatic rings. The molecule has 29 heavy (non-hydrogen) atoms. The first kappa shape index (κ1) is 19.6. The Balaban J connectivity index is 1.40. The molecule has 8 heteroatoms. The lowest BCUT2D eigenvalue weighted by molar-refractivity contribution is -0.132. The van der Waals surface area contributed by atoms with Crippen LogP contribution in [0.25, 0.3) is 15.9 Å². The average molecular weight is 412 g/mol. The van der Waals surface area contributed by atoms with Crippen LogP contribution in [-0.2, 0) is 4.79 Å². The molecule has 3 aromatic rings. The third-order valence-corrected chi connectivity index (χ3v) is 6.36. The molecule has 0 saturated carbocycles. The van der Waals surface area contributed by atoms with Gasteiger partial charge < -0.3 is 15.1 Å². The summed E-state index contributed by atoms with van der Waals surface area (Å²) >= 11 is 1.42. The number of rotatable bonds is 5. The van der Waals surface area contributed by atoms with Gasteiger partial charge in [0.2, 0.25) is 5.91 Å². The Kier molecular flexibility index (Phi) is 5.64. The Hall–Kier alpha value is -2.71. The Morgan fingerprint density at radius 3 is 2.59 bits per heavy atom. The van der Waals surface area contributed by atoms with Crippen LogP contribution in [0.4, 0.5) is 0 Å². The number of likely N-dealkylation sites (N-methyl/N-ethyl adjacent to an activating group) is 1. The van der Waals surface area contributed by atoms with E-state index >= 15 is 0 Å². The van der Waals surface area contributed by atoms with Crippen LogP contribution in [0.15, 0.2) is 36.4 Å². The van der Waals surface area contributed by atoms with Crippen molar-refractivity contribution in [1.29, 1.82) is 0 Å². The van der Waals surface area contributed by atoms with Crippen molar-refractivity contribution in [2.75, 3.05) is 39.8 Å². The largest absolute Gasteiger partial charge is 0.351 e. The summed E-state index contributed by atoms with van der Waals surface area (Å²) in [5, 5.41) is 8.48. The maximum Gasteiger partial charge on any atom is 0.261 e. The molecule has 1 aromatic carbocycles. The van der Waals surface area contributed by atoms with Gasteiger partial charge in [-0.15, -0.1) is 11.3 Å². The SMILES string of the molecule is Cc1nn(-c2ccccc2)c2sc(C(=O)NCCC(=O)N3CCN(C)CC3)cc12. The first-order valence-corrected chi connectivity index (χ1v) is 10.6. The van der Waals surface area contributed by atoms with E-state index in [2.05, 4.69) is 22.4 Å². The van der Waals surface area contributed by atoms with E-state index in [9.17, 15) is 9.59 Å². The minimum Gasteiger partial charge on any atom is -0.351 e. The third kappa shape index (κ3) is 4.18. The maximum atomic E-state index is 12.6. The predicted molar refractivity (Wildman–Crippen MR) is 115 cm³/mol. The minimum absolute atomic E-state index is 0.102.